The van der Waals surface area contributed by atoms with Crippen molar-refractivity contribution in [3.05, 3.63) is 28.2 Å². The molecule has 0 atom stereocenters. The van der Waals surface area contributed by atoms with Gasteiger partial charge in [-0.3, -0.25) is 0 Å². The summed E-state index contributed by atoms with van der Waals surface area (Å²) >= 11 is 9.21. The molecule has 0 amide bonds. The fourth-order valence-electron chi connectivity index (χ4n) is 1.42. The molecule has 0 aliphatic carbocycles. The summed E-state index contributed by atoms with van der Waals surface area (Å²) in [5.74, 6) is 1.39. The van der Waals surface area contributed by atoms with E-state index < -0.39 is 9.84 Å². The maximum atomic E-state index is 11.3. The van der Waals surface area contributed by atoms with Crippen molar-refractivity contribution in [1.29, 1.82) is 0 Å². The predicted molar refractivity (Wildman–Crippen MR) is 78.1 cm³/mol. The highest BCUT2D eigenvalue weighted by atomic mass is 79.9. The summed E-state index contributed by atoms with van der Waals surface area (Å²) < 4.78 is 29.1. The number of hydrogen-bond donors (Lipinski definition) is 0. The third-order valence-corrected chi connectivity index (χ3v) is 5.18. The molecule has 0 spiro atoms. The molecule has 0 saturated carbocycles. The fourth-order valence-corrected chi connectivity index (χ4v) is 3.00. The molecule has 0 aliphatic rings. The van der Waals surface area contributed by atoms with Gasteiger partial charge in [0, 0.05) is 11.3 Å². The van der Waals surface area contributed by atoms with E-state index in [0.29, 0.717) is 24.7 Å². The first-order valence-corrected chi connectivity index (χ1v) is 8.81. The third-order valence-electron chi connectivity index (χ3n) is 2.48. The van der Waals surface area contributed by atoms with Crippen molar-refractivity contribution in [2.75, 3.05) is 18.1 Å². The summed E-state index contributed by atoms with van der Waals surface area (Å²) in [5, 5.41) is 0. The second kappa shape index (κ2) is 7.36. The Hall–Kier alpha value is -0.260. The molecule has 6 heteroatoms. The molecule has 0 unspecified atom stereocenters. The van der Waals surface area contributed by atoms with E-state index in [9.17, 15) is 8.42 Å². The number of ether oxygens (including phenoxy) is 1. The zero-order valence-electron chi connectivity index (χ0n) is 10.2. The van der Waals surface area contributed by atoms with Gasteiger partial charge in [-0.1, -0.05) is 19.1 Å². The van der Waals surface area contributed by atoms with E-state index in [1.165, 1.54) is 0 Å². The van der Waals surface area contributed by atoms with E-state index in [1.54, 1.807) is 6.92 Å². The van der Waals surface area contributed by atoms with Gasteiger partial charge in [-0.05, 0) is 28.4 Å². The minimum atomic E-state index is -2.92. The molecule has 0 heterocycles. The minimum absolute atomic E-state index is 0.157. The molecule has 0 fully saturated rings. The van der Waals surface area contributed by atoms with Crippen LogP contribution in [0.15, 0.2) is 22.7 Å². The Labute approximate surface area is 122 Å². The van der Waals surface area contributed by atoms with Crippen molar-refractivity contribution >= 4 is 37.4 Å². The number of sulfone groups is 1. The average Bonchev–Trinajstić information content (AvgIpc) is 2.36. The van der Waals surface area contributed by atoms with Gasteiger partial charge in [0.2, 0.25) is 0 Å². The molecule has 0 aromatic heterocycles. The van der Waals surface area contributed by atoms with E-state index in [4.69, 9.17) is 16.3 Å². The van der Waals surface area contributed by atoms with Crippen molar-refractivity contribution in [3.63, 3.8) is 0 Å². The van der Waals surface area contributed by atoms with Gasteiger partial charge in [0.15, 0.2) is 0 Å². The lowest BCUT2D eigenvalue weighted by Crippen LogP contribution is -2.12. The highest BCUT2D eigenvalue weighted by Gasteiger charge is 2.09. The first kappa shape index (κ1) is 15.8. The Bertz CT molecular complexity index is 488. The number of benzene rings is 1. The molecule has 3 nitrogen and oxygen atoms in total. The van der Waals surface area contributed by atoms with Gasteiger partial charge in [0.25, 0.3) is 0 Å². The third kappa shape index (κ3) is 4.78. The minimum Gasteiger partial charge on any atom is -0.492 e. The van der Waals surface area contributed by atoms with Crippen molar-refractivity contribution in [1.82, 2.24) is 0 Å². The molecular weight excluding hydrogens is 340 g/mol. The van der Waals surface area contributed by atoms with Crippen LogP contribution in [0, 0.1) is 0 Å². The normalized spacial score (nSPS) is 11.5. The number of halogens is 2. The lowest BCUT2D eigenvalue weighted by atomic mass is 10.2. The van der Waals surface area contributed by atoms with Crippen LogP contribution in [0.4, 0.5) is 0 Å². The van der Waals surface area contributed by atoms with Crippen molar-refractivity contribution < 1.29 is 13.2 Å². The molecule has 1 aromatic rings. The average molecular weight is 356 g/mol. The Kier molecular flexibility index (Phi) is 6.46. The van der Waals surface area contributed by atoms with E-state index in [-0.39, 0.29) is 11.5 Å². The molecule has 0 saturated heterocycles. The fraction of sp³-hybridized carbons (Fsp3) is 0.500. The summed E-state index contributed by atoms with van der Waals surface area (Å²) in [7, 11) is -2.92. The molecule has 0 radical (unpaired) electrons. The van der Waals surface area contributed by atoms with Gasteiger partial charge in [-0.15, -0.1) is 11.6 Å². The van der Waals surface area contributed by atoms with Crippen LogP contribution in [-0.4, -0.2) is 26.5 Å². The number of alkyl halides is 1. The largest absolute Gasteiger partial charge is 0.492 e. The molecule has 1 rings (SSSR count). The van der Waals surface area contributed by atoms with Crippen LogP contribution in [0.25, 0.3) is 0 Å². The predicted octanol–water partition coefficient (Wildman–Crippen LogP) is 3.39. The summed E-state index contributed by atoms with van der Waals surface area (Å²) in [6.45, 7) is 2.02. The molecule has 0 N–H and O–H groups in total. The Morgan fingerprint density at radius 1 is 1.39 bits per heavy atom. The lowest BCUT2D eigenvalue weighted by Gasteiger charge is -2.11. The maximum absolute atomic E-state index is 11.3. The number of para-hydroxylation sites is 1. The SMILES string of the molecule is CCS(=O)(=O)CCCOc1c(Br)cccc1CCl. The number of rotatable bonds is 7. The first-order chi connectivity index (χ1) is 8.50. The number of hydrogen-bond acceptors (Lipinski definition) is 3. The quantitative estimate of drug-likeness (QED) is 0.556. The van der Waals surface area contributed by atoms with Gasteiger partial charge in [0.1, 0.15) is 15.6 Å². The summed E-state index contributed by atoms with van der Waals surface area (Å²) in [5.41, 5.74) is 0.893. The van der Waals surface area contributed by atoms with Crippen LogP contribution >= 0.6 is 27.5 Å². The molecule has 0 bridgehead atoms. The summed E-state index contributed by atoms with van der Waals surface area (Å²) in [6, 6.07) is 5.64. The Morgan fingerprint density at radius 2 is 2.11 bits per heavy atom. The van der Waals surface area contributed by atoms with Gasteiger partial charge in [-0.2, -0.15) is 0 Å². The van der Waals surface area contributed by atoms with Crippen LogP contribution in [-0.2, 0) is 15.7 Å². The zero-order valence-corrected chi connectivity index (χ0v) is 13.3. The van der Waals surface area contributed by atoms with Crippen molar-refractivity contribution in [2.24, 2.45) is 0 Å². The van der Waals surface area contributed by atoms with Gasteiger partial charge in [0.05, 0.1) is 22.7 Å². The van der Waals surface area contributed by atoms with E-state index in [2.05, 4.69) is 15.9 Å². The molecule has 102 valence electrons. The standard InChI is InChI=1S/C12H16BrClO3S/c1-2-18(15,16)8-4-7-17-12-10(9-14)5-3-6-11(12)13/h3,5-6H,2,4,7-9H2,1H3. The zero-order chi connectivity index (χ0) is 13.6. The molecule has 0 aliphatic heterocycles. The molecular formula is C12H16BrClO3S. The van der Waals surface area contributed by atoms with Gasteiger partial charge in [-0.25, -0.2) is 8.42 Å². The monoisotopic (exact) mass is 354 g/mol. The van der Waals surface area contributed by atoms with Crippen LogP contribution in [0.3, 0.4) is 0 Å². The second-order valence-corrected chi connectivity index (χ2v) is 7.39. The smallest absolute Gasteiger partial charge is 0.150 e. The van der Waals surface area contributed by atoms with Crippen LogP contribution < -0.4 is 4.74 Å². The van der Waals surface area contributed by atoms with Crippen LogP contribution in [0.2, 0.25) is 0 Å². The van der Waals surface area contributed by atoms with Crippen LogP contribution in [0.1, 0.15) is 18.9 Å². The highest BCUT2D eigenvalue weighted by Crippen LogP contribution is 2.30. The van der Waals surface area contributed by atoms with E-state index >= 15 is 0 Å². The van der Waals surface area contributed by atoms with Crippen LogP contribution in [0.5, 0.6) is 5.75 Å². The maximum Gasteiger partial charge on any atom is 0.150 e. The topological polar surface area (TPSA) is 43.4 Å². The Balaban J connectivity index is 2.54. The Morgan fingerprint density at radius 3 is 2.72 bits per heavy atom. The first-order valence-electron chi connectivity index (χ1n) is 5.66. The van der Waals surface area contributed by atoms with Gasteiger partial charge >= 0.3 is 0 Å². The second-order valence-electron chi connectivity index (χ2n) is 3.80. The van der Waals surface area contributed by atoms with E-state index in [0.717, 1.165) is 10.0 Å². The molecule has 1 aromatic carbocycles. The van der Waals surface area contributed by atoms with Crippen molar-refractivity contribution in [3.8, 4) is 5.75 Å². The van der Waals surface area contributed by atoms with E-state index in [1.807, 2.05) is 18.2 Å². The molecule has 18 heavy (non-hydrogen) atoms. The summed E-state index contributed by atoms with van der Waals surface area (Å²) in [6.07, 6.45) is 0.485. The van der Waals surface area contributed by atoms with Crippen molar-refractivity contribution in [2.45, 2.75) is 19.2 Å². The summed E-state index contributed by atoms with van der Waals surface area (Å²) in [4.78, 5) is 0. The highest BCUT2D eigenvalue weighted by molar-refractivity contribution is 9.10. The lowest BCUT2D eigenvalue weighted by molar-refractivity contribution is 0.313. The van der Waals surface area contributed by atoms with Gasteiger partial charge < -0.3 is 4.74 Å².